The standard InChI is InChI=1S/C12H16F2N2.ClH/c1-16(12-2-3-15-7-12)8-9-4-10(13)6-11(14)5-9;/h4-6,12,15H,2-3,7-8H2,1H3;1H. The maximum absolute atomic E-state index is 13.0. The van der Waals surface area contributed by atoms with Crippen molar-refractivity contribution in [1.82, 2.24) is 10.2 Å². The summed E-state index contributed by atoms with van der Waals surface area (Å²) in [5.74, 6) is -1.01. The highest BCUT2D eigenvalue weighted by atomic mass is 35.5. The van der Waals surface area contributed by atoms with Gasteiger partial charge in [0.1, 0.15) is 11.6 Å². The van der Waals surface area contributed by atoms with Gasteiger partial charge in [-0.1, -0.05) is 0 Å². The number of nitrogens with zero attached hydrogens (tertiary/aromatic N) is 1. The summed E-state index contributed by atoms with van der Waals surface area (Å²) in [6.07, 6.45) is 1.09. The van der Waals surface area contributed by atoms with Gasteiger partial charge in [-0.25, -0.2) is 8.78 Å². The molecule has 0 aliphatic carbocycles. The van der Waals surface area contributed by atoms with Crippen LogP contribution in [0.1, 0.15) is 12.0 Å². The molecule has 1 N–H and O–H groups in total. The van der Waals surface area contributed by atoms with Crippen LogP contribution in [0.3, 0.4) is 0 Å². The molecule has 0 saturated carbocycles. The fourth-order valence-electron chi connectivity index (χ4n) is 2.13. The molecule has 2 rings (SSSR count). The van der Waals surface area contributed by atoms with Gasteiger partial charge in [-0.3, -0.25) is 4.90 Å². The van der Waals surface area contributed by atoms with Crippen molar-refractivity contribution in [3.8, 4) is 0 Å². The summed E-state index contributed by atoms with van der Waals surface area (Å²) in [4.78, 5) is 2.13. The Morgan fingerprint density at radius 3 is 2.47 bits per heavy atom. The molecule has 0 radical (unpaired) electrons. The molecule has 1 aromatic rings. The number of hydrogen-bond acceptors (Lipinski definition) is 2. The summed E-state index contributed by atoms with van der Waals surface area (Å²) in [7, 11) is 1.99. The van der Waals surface area contributed by atoms with Gasteiger partial charge in [0.05, 0.1) is 0 Å². The van der Waals surface area contributed by atoms with Gasteiger partial charge in [-0.15, -0.1) is 12.4 Å². The normalized spacial score (nSPS) is 19.4. The van der Waals surface area contributed by atoms with E-state index in [1.165, 1.54) is 12.1 Å². The average molecular weight is 263 g/mol. The van der Waals surface area contributed by atoms with Crippen LogP contribution in [0.15, 0.2) is 18.2 Å². The van der Waals surface area contributed by atoms with E-state index in [1.807, 2.05) is 7.05 Å². The van der Waals surface area contributed by atoms with Crippen molar-refractivity contribution in [1.29, 1.82) is 0 Å². The van der Waals surface area contributed by atoms with E-state index in [-0.39, 0.29) is 12.4 Å². The minimum Gasteiger partial charge on any atom is -0.315 e. The first-order chi connectivity index (χ1) is 7.65. The van der Waals surface area contributed by atoms with Crippen LogP contribution in [0.5, 0.6) is 0 Å². The molecular formula is C12H17ClF2N2. The van der Waals surface area contributed by atoms with Crippen LogP contribution in [0, 0.1) is 11.6 Å². The molecule has 1 atom stereocenters. The number of halogens is 3. The van der Waals surface area contributed by atoms with E-state index in [9.17, 15) is 8.78 Å². The molecule has 5 heteroatoms. The summed E-state index contributed by atoms with van der Waals surface area (Å²) < 4.78 is 26.0. The first kappa shape index (κ1) is 14.4. The number of nitrogens with one attached hydrogen (secondary N) is 1. The SMILES string of the molecule is CN(Cc1cc(F)cc(F)c1)C1CCNC1.Cl. The molecule has 17 heavy (non-hydrogen) atoms. The topological polar surface area (TPSA) is 15.3 Å². The van der Waals surface area contributed by atoms with Gasteiger partial charge in [-0.05, 0) is 37.7 Å². The lowest BCUT2D eigenvalue weighted by atomic mass is 10.1. The molecule has 1 aliphatic rings. The highest BCUT2D eigenvalue weighted by molar-refractivity contribution is 5.85. The fraction of sp³-hybridized carbons (Fsp3) is 0.500. The van der Waals surface area contributed by atoms with Gasteiger partial charge in [0.2, 0.25) is 0 Å². The van der Waals surface area contributed by atoms with Crippen LogP contribution in [0.2, 0.25) is 0 Å². The zero-order valence-electron chi connectivity index (χ0n) is 9.75. The van der Waals surface area contributed by atoms with Gasteiger partial charge >= 0.3 is 0 Å². The Balaban J connectivity index is 0.00000144. The van der Waals surface area contributed by atoms with E-state index in [0.29, 0.717) is 18.2 Å². The predicted molar refractivity (Wildman–Crippen MR) is 66.3 cm³/mol. The van der Waals surface area contributed by atoms with Gasteiger partial charge in [-0.2, -0.15) is 0 Å². The molecule has 0 bridgehead atoms. The van der Waals surface area contributed by atoms with E-state index in [2.05, 4.69) is 10.2 Å². The van der Waals surface area contributed by atoms with Crippen LogP contribution in [-0.4, -0.2) is 31.1 Å². The van der Waals surface area contributed by atoms with Crippen LogP contribution in [0.4, 0.5) is 8.78 Å². The number of rotatable bonds is 3. The molecule has 1 aliphatic heterocycles. The lowest BCUT2D eigenvalue weighted by molar-refractivity contribution is 0.248. The van der Waals surface area contributed by atoms with E-state index in [1.54, 1.807) is 0 Å². The quantitative estimate of drug-likeness (QED) is 0.898. The Morgan fingerprint density at radius 1 is 1.29 bits per heavy atom. The third kappa shape index (κ3) is 3.91. The number of likely N-dealkylation sites (N-methyl/N-ethyl adjacent to an activating group) is 1. The van der Waals surface area contributed by atoms with E-state index >= 15 is 0 Å². The molecule has 1 aromatic carbocycles. The Kier molecular flexibility index (Phi) is 5.31. The average Bonchev–Trinajstić information content (AvgIpc) is 2.68. The van der Waals surface area contributed by atoms with Crippen molar-refractivity contribution in [2.24, 2.45) is 0 Å². The Labute approximate surface area is 106 Å². The minimum atomic E-state index is -0.507. The van der Waals surface area contributed by atoms with Gasteiger partial charge in [0, 0.05) is 25.2 Å². The fourth-order valence-corrected chi connectivity index (χ4v) is 2.13. The third-order valence-corrected chi connectivity index (χ3v) is 3.01. The number of hydrogen-bond donors (Lipinski definition) is 1. The molecular weight excluding hydrogens is 246 g/mol. The second-order valence-electron chi connectivity index (χ2n) is 4.34. The third-order valence-electron chi connectivity index (χ3n) is 3.01. The Bertz CT molecular complexity index is 347. The highest BCUT2D eigenvalue weighted by Crippen LogP contribution is 2.13. The largest absolute Gasteiger partial charge is 0.315 e. The zero-order valence-corrected chi connectivity index (χ0v) is 10.6. The van der Waals surface area contributed by atoms with Gasteiger partial charge in [0.25, 0.3) is 0 Å². The molecule has 1 saturated heterocycles. The molecule has 1 unspecified atom stereocenters. The first-order valence-electron chi connectivity index (χ1n) is 5.51. The van der Waals surface area contributed by atoms with Crippen molar-refractivity contribution < 1.29 is 8.78 Å². The van der Waals surface area contributed by atoms with Crippen molar-refractivity contribution in [2.75, 3.05) is 20.1 Å². The van der Waals surface area contributed by atoms with Crippen LogP contribution < -0.4 is 5.32 Å². The Morgan fingerprint density at radius 2 is 1.94 bits per heavy atom. The van der Waals surface area contributed by atoms with Crippen molar-refractivity contribution in [2.45, 2.75) is 19.0 Å². The lowest BCUT2D eigenvalue weighted by Gasteiger charge is -2.23. The van der Waals surface area contributed by atoms with Crippen LogP contribution in [0.25, 0.3) is 0 Å². The second-order valence-corrected chi connectivity index (χ2v) is 4.34. The minimum absolute atomic E-state index is 0. The number of benzene rings is 1. The predicted octanol–water partition coefficient (Wildman–Crippen LogP) is 2.18. The van der Waals surface area contributed by atoms with Crippen LogP contribution in [-0.2, 0) is 6.54 Å². The molecule has 0 aromatic heterocycles. The first-order valence-corrected chi connectivity index (χ1v) is 5.51. The van der Waals surface area contributed by atoms with Crippen molar-refractivity contribution >= 4 is 12.4 Å². The van der Waals surface area contributed by atoms with Crippen LogP contribution >= 0.6 is 12.4 Å². The van der Waals surface area contributed by atoms with Crippen molar-refractivity contribution in [3.05, 3.63) is 35.4 Å². The molecule has 0 spiro atoms. The molecule has 2 nitrogen and oxygen atoms in total. The second kappa shape index (κ2) is 6.28. The summed E-state index contributed by atoms with van der Waals surface area (Å²) in [6.45, 7) is 2.56. The van der Waals surface area contributed by atoms with E-state index in [4.69, 9.17) is 0 Å². The molecule has 96 valence electrons. The monoisotopic (exact) mass is 262 g/mol. The summed E-state index contributed by atoms with van der Waals surface area (Å²) >= 11 is 0. The maximum Gasteiger partial charge on any atom is 0.126 e. The summed E-state index contributed by atoms with van der Waals surface area (Å²) in [5.41, 5.74) is 0.687. The highest BCUT2D eigenvalue weighted by Gasteiger charge is 2.19. The lowest BCUT2D eigenvalue weighted by Crippen LogP contribution is -2.32. The maximum atomic E-state index is 13.0. The summed E-state index contributed by atoms with van der Waals surface area (Å²) in [5, 5.41) is 3.27. The Hall–Kier alpha value is -0.710. The molecule has 1 fully saturated rings. The van der Waals surface area contributed by atoms with Gasteiger partial charge in [0.15, 0.2) is 0 Å². The zero-order chi connectivity index (χ0) is 11.5. The molecule has 0 amide bonds. The van der Waals surface area contributed by atoms with E-state index in [0.717, 1.165) is 25.6 Å². The van der Waals surface area contributed by atoms with E-state index < -0.39 is 11.6 Å². The summed E-state index contributed by atoms with van der Waals surface area (Å²) in [6, 6.07) is 4.15. The smallest absolute Gasteiger partial charge is 0.126 e. The molecule has 1 heterocycles. The van der Waals surface area contributed by atoms with Crippen molar-refractivity contribution in [3.63, 3.8) is 0 Å². The van der Waals surface area contributed by atoms with Gasteiger partial charge < -0.3 is 5.32 Å².